The lowest BCUT2D eigenvalue weighted by Crippen LogP contribution is -2.26. The van der Waals surface area contributed by atoms with E-state index in [-0.39, 0.29) is 23.4 Å². The molecule has 2 heteroatoms. The number of carbonyl (C=O) groups excluding carboxylic acids is 2. The molecule has 0 aromatic rings. The SMILES string of the molecule is CC[C@H](C(C)=O)[C@H](CC)C(C)=O. The summed E-state index contributed by atoms with van der Waals surface area (Å²) in [4.78, 5) is 22.3. The van der Waals surface area contributed by atoms with E-state index in [4.69, 9.17) is 0 Å². The van der Waals surface area contributed by atoms with Crippen molar-refractivity contribution >= 4 is 11.6 Å². The van der Waals surface area contributed by atoms with Crippen molar-refractivity contribution in [1.82, 2.24) is 0 Å². The summed E-state index contributed by atoms with van der Waals surface area (Å²) in [5, 5.41) is 0. The van der Waals surface area contributed by atoms with Crippen LogP contribution in [0.2, 0.25) is 0 Å². The Bertz CT molecular complexity index is 153. The van der Waals surface area contributed by atoms with Crippen LogP contribution < -0.4 is 0 Å². The molecule has 0 aliphatic heterocycles. The van der Waals surface area contributed by atoms with E-state index in [0.29, 0.717) is 0 Å². The smallest absolute Gasteiger partial charge is 0.133 e. The van der Waals surface area contributed by atoms with Crippen LogP contribution in [0.5, 0.6) is 0 Å². The molecule has 0 saturated heterocycles. The average Bonchev–Trinajstić information content (AvgIpc) is 1.98. The largest absolute Gasteiger partial charge is 0.300 e. The Morgan fingerprint density at radius 2 is 1.17 bits per heavy atom. The first-order valence-electron chi connectivity index (χ1n) is 4.55. The Hall–Kier alpha value is -0.660. The van der Waals surface area contributed by atoms with Crippen molar-refractivity contribution < 1.29 is 9.59 Å². The molecule has 0 spiro atoms. The Morgan fingerprint density at radius 1 is 0.917 bits per heavy atom. The number of hydrogen-bond donors (Lipinski definition) is 0. The van der Waals surface area contributed by atoms with Crippen LogP contribution in [0.3, 0.4) is 0 Å². The fourth-order valence-corrected chi connectivity index (χ4v) is 1.71. The lowest BCUT2D eigenvalue weighted by molar-refractivity contribution is -0.130. The molecule has 2 atom stereocenters. The van der Waals surface area contributed by atoms with Crippen molar-refractivity contribution in [2.24, 2.45) is 11.8 Å². The minimum absolute atomic E-state index is 0.0625. The molecule has 0 aromatic carbocycles. The molecular formula is C10H18O2. The summed E-state index contributed by atoms with van der Waals surface area (Å²) in [6.45, 7) is 7.05. The summed E-state index contributed by atoms with van der Waals surface area (Å²) < 4.78 is 0. The molecule has 70 valence electrons. The first-order valence-corrected chi connectivity index (χ1v) is 4.55. The lowest BCUT2D eigenvalue weighted by Gasteiger charge is -2.19. The third-order valence-corrected chi connectivity index (χ3v) is 2.41. The highest BCUT2D eigenvalue weighted by molar-refractivity contribution is 5.87. The third-order valence-electron chi connectivity index (χ3n) is 2.41. The summed E-state index contributed by atoms with van der Waals surface area (Å²) in [6.07, 6.45) is 1.54. The van der Waals surface area contributed by atoms with E-state index < -0.39 is 0 Å². The van der Waals surface area contributed by atoms with Crippen LogP contribution in [-0.2, 0) is 9.59 Å². The van der Waals surface area contributed by atoms with Crippen LogP contribution in [-0.4, -0.2) is 11.6 Å². The highest BCUT2D eigenvalue weighted by Crippen LogP contribution is 2.21. The molecule has 0 N–H and O–H groups in total. The minimum Gasteiger partial charge on any atom is -0.300 e. The quantitative estimate of drug-likeness (QED) is 0.634. The van der Waals surface area contributed by atoms with Gasteiger partial charge in [0.1, 0.15) is 11.6 Å². The van der Waals surface area contributed by atoms with Crippen molar-refractivity contribution in [3.05, 3.63) is 0 Å². The average molecular weight is 170 g/mol. The first-order chi connectivity index (χ1) is 5.54. The van der Waals surface area contributed by atoms with Gasteiger partial charge < -0.3 is 0 Å². The van der Waals surface area contributed by atoms with Crippen LogP contribution >= 0.6 is 0 Å². The minimum atomic E-state index is -0.0625. The van der Waals surface area contributed by atoms with Gasteiger partial charge in [-0.1, -0.05) is 13.8 Å². The van der Waals surface area contributed by atoms with Crippen molar-refractivity contribution in [2.45, 2.75) is 40.5 Å². The van der Waals surface area contributed by atoms with Gasteiger partial charge in [-0.05, 0) is 26.7 Å². The zero-order chi connectivity index (χ0) is 9.72. The van der Waals surface area contributed by atoms with E-state index in [0.717, 1.165) is 12.8 Å². The fourth-order valence-electron chi connectivity index (χ4n) is 1.71. The maximum atomic E-state index is 11.1. The molecule has 0 unspecified atom stereocenters. The van der Waals surface area contributed by atoms with Crippen LogP contribution in [0.15, 0.2) is 0 Å². The second-order valence-electron chi connectivity index (χ2n) is 3.25. The first kappa shape index (κ1) is 11.3. The zero-order valence-corrected chi connectivity index (χ0v) is 8.39. The summed E-state index contributed by atoms with van der Waals surface area (Å²) in [5.74, 6) is 0.152. The second-order valence-corrected chi connectivity index (χ2v) is 3.25. The van der Waals surface area contributed by atoms with E-state index >= 15 is 0 Å². The van der Waals surface area contributed by atoms with Crippen LogP contribution in [0, 0.1) is 11.8 Å². The molecule has 0 aromatic heterocycles. The number of carbonyl (C=O) groups is 2. The van der Waals surface area contributed by atoms with Gasteiger partial charge in [-0.25, -0.2) is 0 Å². The van der Waals surface area contributed by atoms with Gasteiger partial charge in [-0.3, -0.25) is 9.59 Å². The Labute approximate surface area is 74.3 Å². The van der Waals surface area contributed by atoms with Crippen molar-refractivity contribution in [2.75, 3.05) is 0 Å². The molecule has 0 radical (unpaired) electrons. The molecule has 2 nitrogen and oxygen atoms in total. The van der Waals surface area contributed by atoms with Gasteiger partial charge in [0.25, 0.3) is 0 Å². The molecule has 0 saturated carbocycles. The predicted molar refractivity (Wildman–Crippen MR) is 48.9 cm³/mol. The molecule has 0 bridgehead atoms. The molecule has 0 heterocycles. The van der Waals surface area contributed by atoms with E-state index in [1.807, 2.05) is 13.8 Å². The Balaban J connectivity index is 4.44. The molecular weight excluding hydrogens is 152 g/mol. The van der Waals surface area contributed by atoms with Crippen LogP contribution in [0.4, 0.5) is 0 Å². The maximum absolute atomic E-state index is 11.1. The number of rotatable bonds is 5. The number of hydrogen-bond acceptors (Lipinski definition) is 2. The topological polar surface area (TPSA) is 34.1 Å². The maximum Gasteiger partial charge on any atom is 0.133 e. The second kappa shape index (κ2) is 5.07. The number of Topliss-reactive ketones (excluding diaryl/α,β-unsaturated/α-hetero) is 2. The van der Waals surface area contributed by atoms with E-state index in [9.17, 15) is 9.59 Å². The Kier molecular flexibility index (Phi) is 4.79. The van der Waals surface area contributed by atoms with Crippen molar-refractivity contribution in [3.63, 3.8) is 0 Å². The normalized spacial score (nSPS) is 15.3. The predicted octanol–water partition coefficient (Wildman–Crippen LogP) is 2.22. The van der Waals surface area contributed by atoms with Gasteiger partial charge in [0.2, 0.25) is 0 Å². The molecule has 0 fully saturated rings. The van der Waals surface area contributed by atoms with Gasteiger partial charge in [-0.15, -0.1) is 0 Å². The van der Waals surface area contributed by atoms with Gasteiger partial charge >= 0.3 is 0 Å². The summed E-state index contributed by atoms with van der Waals surface area (Å²) in [5.41, 5.74) is 0. The third kappa shape index (κ3) is 2.76. The molecule has 0 rings (SSSR count). The van der Waals surface area contributed by atoms with Gasteiger partial charge in [-0.2, -0.15) is 0 Å². The summed E-state index contributed by atoms with van der Waals surface area (Å²) in [7, 11) is 0. The standard InChI is InChI=1S/C10H18O2/c1-5-9(7(3)11)10(6-2)8(4)12/h9-10H,5-6H2,1-4H3/t9-,10-/m1/s1. The molecule has 0 amide bonds. The summed E-state index contributed by atoms with van der Waals surface area (Å²) in [6, 6.07) is 0. The Morgan fingerprint density at radius 3 is 1.25 bits per heavy atom. The molecule has 12 heavy (non-hydrogen) atoms. The number of ketones is 2. The summed E-state index contributed by atoms with van der Waals surface area (Å²) >= 11 is 0. The van der Waals surface area contributed by atoms with E-state index in [1.165, 1.54) is 0 Å². The van der Waals surface area contributed by atoms with Crippen LogP contribution in [0.1, 0.15) is 40.5 Å². The van der Waals surface area contributed by atoms with E-state index in [1.54, 1.807) is 13.8 Å². The lowest BCUT2D eigenvalue weighted by atomic mass is 9.83. The van der Waals surface area contributed by atoms with Crippen LogP contribution in [0.25, 0.3) is 0 Å². The highest BCUT2D eigenvalue weighted by Gasteiger charge is 2.25. The van der Waals surface area contributed by atoms with Crippen molar-refractivity contribution in [3.8, 4) is 0 Å². The highest BCUT2D eigenvalue weighted by atomic mass is 16.1. The van der Waals surface area contributed by atoms with E-state index in [2.05, 4.69) is 0 Å². The van der Waals surface area contributed by atoms with Gasteiger partial charge in [0.15, 0.2) is 0 Å². The molecule has 0 aliphatic rings. The van der Waals surface area contributed by atoms with Gasteiger partial charge in [0, 0.05) is 11.8 Å². The molecule has 0 aliphatic carbocycles. The van der Waals surface area contributed by atoms with Crippen molar-refractivity contribution in [1.29, 1.82) is 0 Å². The monoisotopic (exact) mass is 170 g/mol. The van der Waals surface area contributed by atoms with Gasteiger partial charge in [0.05, 0.1) is 0 Å². The zero-order valence-electron chi connectivity index (χ0n) is 8.39. The fraction of sp³-hybridized carbons (Fsp3) is 0.800.